The van der Waals surface area contributed by atoms with E-state index in [1.807, 2.05) is 13.1 Å². The lowest BCUT2D eigenvalue weighted by atomic mass is 10.2. The first kappa shape index (κ1) is 21.3. The minimum Gasteiger partial charge on any atom is -0.494 e. The molecule has 1 rings (SSSR count). The van der Waals surface area contributed by atoms with Crippen LogP contribution in [0.2, 0.25) is 0 Å². The van der Waals surface area contributed by atoms with Gasteiger partial charge in [-0.05, 0) is 25.2 Å². The fourth-order valence-corrected chi connectivity index (χ4v) is 2.50. The first-order valence-corrected chi connectivity index (χ1v) is 8.54. The SMILES string of the molecule is C=CC(=O)Nc1cc(N=C(N)N)c(OC)cc1N(C)CCN(CC)CC. The van der Waals surface area contributed by atoms with Crippen LogP contribution in [0.3, 0.4) is 0 Å². The number of ether oxygens (including phenoxy) is 1. The number of rotatable bonds is 10. The molecule has 0 radical (unpaired) electrons. The predicted molar refractivity (Wildman–Crippen MR) is 108 cm³/mol. The second-order valence-electron chi connectivity index (χ2n) is 5.72. The van der Waals surface area contributed by atoms with E-state index in [1.54, 1.807) is 13.2 Å². The number of guanidine groups is 1. The summed E-state index contributed by atoms with van der Waals surface area (Å²) in [6.07, 6.45) is 1.21. The highest BCUT2D eigenvalue weighted by molar-refractivity contribution is 6.02. The number of aliphatic imine (C=N–C) groups is 1. The first-order valence-electron chi connectivity index (χ1n) is 8.54. The van der Waals surface area contributed by atoms with Gasteiger partial charge in [0.25, 0.3) is 0 Å². The molecule has 0 spiro atoms. The lowest BCUT2D eigenvalue weighted by molar-refractivity contribution is -0.111. The maximum Gasteiger partial charge on any atom is 0.247 e. The number of carbonyl (C=O) groups excluding carboxylic acids is 1. The molecular formula is C18H30N6O2. The van der Waals surface area contributed by atoms with Gasteiger partial charge in [0.1, 0.15) is 11.4 Å². The fourth-order valence-electron chi connectivity index (χ4n) is 2.50. The van der Waals surface area contributed by atoms with Crippen LogP contribution in [-0.4, -0.2) is 57.1 Å². The van der Waals surface area contributed by atoms with Gasteiger partial charge in [-0.1, -0.05) is 20.4 Å². The van der Waals surface area contributed by atoms with Gasteiger partial charge in [0.15, 0.2) is 5.96 Å². The van der Waals surface area contributed by atoms with Gasteiger partial charge < -0.3 is 31.3 Å². The van der Waals surface area contributed by atoms with Crippen molar-refractivity contribution in [1.29, 1.82) is 0 Å². The molecule has 0 aliphatic heterocycles. The van der Waals surface area contributed by atoms with Crippen molar-refractivity contribution in [3.63, 3.8) is 0 Å². The van der Waals surface area contributed by atoms with Gasteiger partial charge in [0, 0.05) is 26.2 Å². The maximum atomic E-state index is 11.8. The smallest absolute Gasteiger partial charge is 0.247 e. The molecule has 144 valence electrons. The summed E-state index contributed by atoms with van der Waals surface area (Å²) >= 11 is 0. The van der Waals surface area contributed by atoms with Crippen molar-refractivity contribution in [3.05, 3.63) is 24.8 Å². The van der Waals surface area contributed by atoms with E-state index in [4.69, 9.17) is 16.2 Å². The number of hydrogen-bond acceptors (Lipinski definition) is 5. The molecule has 8 heteroatoms. The molecule has 26 heavy (non-hydrogen) atoms. The monoisotopic (exact) mass is 362 g/mol. The Labute approximate surface area is 155 Å². The Balaban J connectivity index is 3.26. The van der Waals surface area contributed by atoms with Crippen molar-refractivity contribution in [2.75, 3.05) is 50.6 Å². The van der Waals surface area contributed by atoms with Gasteiger partial charge in [-0.2, -0.15) is 0 Å². The molecule has 0 aromatic heterocycles. The van der Waals surface area contributed by atoms with Crippen molar-refractivity contribution >= 4 is 28.9 Å². The van der Waals surface area contributed by atoms with Crippen LogP contribution in [-0.2, 0) is 4.79 Å². The van der Waals surface area contributed by atoms with Crippen LogP contribution in [0.5, 0.6) is 5.75 Å². The number of hydrogen-bond donors (Lipinski definition) is 3. The largest absolute Gasteiger partial charge is 0.494 e. The molecule has 0 aliphatic rings. The third-order valence-corrected chi connectivity index (χ3v) is 4.05. The summed E-state index contributed by atoms with van der Waals surface area (Å²) in [6.45, 7) is 11.4. The minimum atomic E-state index is -0.316. The highest BCUT2D eigenvalue weighted by Crippen LogP contribution is 2.38. The topological polar surface area (TPSA) is 109 Å². The Morgan fingerprint density at radius 1 is 1.31 bits per heavy atom. The summed E-state index contributed by atoms with van der Waals surface area (Å²) < 4.78 is 5.40. The average molecular weight is 362 g/mol. The molecule has 0 heterocycles. The van der Waals surface area contributed by atoms with E-state index in [2.05, 4.69) is 40.5 Å². The van der Waals surface area contributed by atoms with Crippen LogP contribution >= 0.6 is 0 Å². The van der Waals surface area contributed by atoms with Crippen LogP contribution in [0.4, 0.5) is 17.1 Å². The number of carbonyl (C=O) groups is 1. The molecule has 1 aromatic rings. The van der Waals surface area contributed by atoms with Crippen molar-refractivity contribution in [3.8, 4) is 5.75 Å². The Morgan fingerprint density at radius 3 is 2.46 bits per heavy atom. The van der Waals surface area contributed by atoms with Crippen molar-refractivity contribution in [2.24, 2.45) is 16.5 Å². The zero-order valence-corrected chi connectivity index (χ0v) is 16.1. The van der Waals surface area contributed by atoms with Crippen LogP contribution in [0.25, 0.3) is 0 Å². The van der Waals surface area contributed by atoms with Crippen molar-refractivity contribution < 1.29 is 9.53 Å². The summed E-state index contributed by atoms with van der Waals surface area (Å²) in [5.41, 5.74) is 12.8. The molecule has 0 saturated carbocycles. The molecule has 1 aromatic carbocycles. The van der Waals surface area contributed by atoms with Crippen molar-refractivity contribution in [2.45, 2.75) is 13.8 Å². The number of nitrogens with zero attached hydrogens (tertiary/aromatic N) is 3. The first-order chi connectivity index (χ1) is 12.4. The van der Waals surface area contributed by atoms with Gasteiger partial charge in [-0.15, -0.1) is 0 Å². The van der Waals surface area contributed by atoms with Gasteiger partial charge in [0.05, 0.1) is 18.5 Å². The molecule has 0 aliphatic carbocycles. The standard InChI is InChI=1S/C18H30N6O2/c1-6-17(25)21-13-11-14(22-18(19)20)16(26-5)12-15(13)23(4)9-10-24(7-2)8-3/h6,11-12H,1,7-10H2,2-5H3,(H,21,25)(H4,19,20,22). The summed E-state index contributed by atoms with van der Waals surface area (Å²) in [6, 6.07) is 3.49. The van der Waals surface area contributed by atoms with Gasteiger partial charge in [0.2, 0.25) is 5.91 Å². The normalized spacial score (nSPS) is 10.3. The van der Waals surface area contributed by atoms with E-state index in [0.717, 1.165) is 31.9 Å². The highest BCUT2D eigenvalue weighted by atomic mass is 16.5. The number of methoxy groups -OCH3 is 1. The Bertz CT molecular complexity index is 651. The predicted octanol–water partition coefficient (Wildman–Crippen LogP) is 1.50. The number of nitrogens with one attached hydrogen (secondary N) is 1. The molecule has 0 fully saturated rings. The summed E-state index contributed by atoms with van der Waals surface area (Å²) in [5.74, 6) is 0.107. The lowest BCUT2D eigenvalue weighted by Gasteiger charge is -2.27. The van der Waals surface area contributed by atoms with Crippen LogP contribution in [0.15, 0.2) is 29.8 Å². The van der Waals surface area contributed by atoms with Gasteiger partial charge >= 0.3 is 0 Å². The van der Waals surface area contributed by atoms with E-state index >= 15 is 0 Å². The minimum absolute atomic E-state index is 0.0908. The fraction of sp³-hybridized carbons (Fsp3) is 0.444. The maximum absolute atomic E-state index is 11.8. The third kappa shape index (κ3) is 5.96. The number of nitrogens with two attached hydrogens (primary N) is 2. The zero-order valence-electron chi connectivity index (χ0n) is 16.1. The van der Waals surface area contributed by atoms with Crippen LogP contribution < -0.4 is 26.4 Å². The molecule has 0 atom stereocenters. The molecule has 5 N–H and O–H groups in total. The number of amides is 1. The summed E-state index contributed by atoms with van der Waals surface area (Å²) in [7, 11) is 3.50. The van der Waals surface area contributed by atoms with Gasteiger partial charge in [-0.25, -0.2) is 4.99 Å². The third-order valence-electron chi connectivity index (χ3n) is 4.05. The summed E-state index contributed by atoms with van der Waals surface area (Å²) in [5, 5.41) is 2.80. The van der Waals surface area contributed by atoms with E-state index < -0.39 is 0 Å². The van der Waals surface area contributed by atoms with Crippen LogP contribution in [0.1, 0.15) is 13.8 Å². The van der Waals surface area contributed by atoms with Crippen LogP contribution in [0, 0.1) is 0 Å². The Hall–Kier alpha value is -2.74. The number of likely N-dealkylation sites (N-methyl/N-ethyl adjacent to an activating group) is 2. The molecule has 0 unspecified atom stereocenters. The van der Waals surface area contributed by atoms with Gasteiger partial charge in [-0.3, -0.25) is 4.79 Å². The molecule has 8 nitrogen and oxygen atoms in total. The van der Waals surface area contributed by atoms with E-state index in [-0.39, 0.29) is 11.9 Å². The quantitative estimate of drug-likeness (QED) is 0.331. The van der Waals surface area contributed by atoms with E-state index in [1.165, 1.54) is 6.08 Å². The van der Waals surface area contributed by atoms with E-state index in [9.17, 15) is 4.79 Å². The Morgan fingerprint density at radius 2 is 1.96 bits per heavy atom. The second kappa shape index (κ2) is 10.3. The lowest BCUT2D eigenvalue weighted by Crippen LogP contribution is -2.33. The molecule has 0 saturated heterocycles. The molecule has 0 bridgehead atoms. The average Bonchev–Trinajstić information content (AvgIpc) is 2.61. The Kier molecular flexibility index (Phi) is 8.44. The molecular weight excluding hydrogens is 332 g/mol. The number of benzene rings is 1. The summed E-state index contributed by atoms with van der Waals surface area (Å²) in [4.78, 5) is 20.3. The second-order valence-corrected chi connectivity index (χ2v) is 5.72. The molecule has 1 amide bonds. The zero-order chi connectivity index (χ0) is 19.7. The van der Waals surface area contributed by atoms with Crippen molar-refractivity contribution in [1.82, 2.24) is 4.90 Å². The highest BCUT2D eigenvalue weighted by Gasteiger charge is 2.16. The van der Waals surface area contributed by atoms with E-state index in [0.29, 0.717) is 17.1 Å². The number of anilines is 2.